The lowest BCUT2D eigenvalue weighted by Gasteiger charge is -2.16. The summed E-state index contributed by atoms with van der Waals surface area (Å²) in [6.07, 6.45) is 3.59. The van der Waals surface area contributed by atoms with E-state index in [9.17, 15) is 14.4 Å². The van der Waals surface area contributed by atoms with Gasteiger partial charge in [0.2, 0.25) is 0 Å². The van der Waals surface area contributed by atoms with Crippen LogP contribution in [-0.4, -0.2) is 13.0 Å². The van der Waals surface area contributed by atoms with E-state index in [0.717, 1.165) is 11.1 Å². The standard InChI is InChI=1S/C27H21Cl2FN2O3/c1-3-5-19-12-18(13-20(15-31)27(33)32-23-7-4-6-22(28)25(23)29)14-24(34-2)26(19)35-16-17-8-10-21(30)11-9-17/h3-4,6-14H,1,5,16H2,2H3,(H,32,33)/b20-13-. The minimum absolute atomic E-state index is 0.146. The second kappa shape index (κ2) is 12.1. The highest BCUT2D eigenvalue weighted by Gasteiger charge is 2.16. The predicted molar refractivity (Wildman–Crippen MR) is 136 cm³/mol. The molecule has 0 aliphatic rings. The number of allylic oxidation sites excluding steroid dienone is 1. The third-order valence-electron chi connectivity index (χ3n) is 4.91. The van der Waals surface area contributed by atoms with Gasteiger partial charge in [-0.15, -0.1) is 6.58 Å². The number of carbonyl (C=O) groups excluding carboxylic acids is 1. The Labute approximate surface area is 213 Å². The van der Waals surface area contributed by atoms with Crippen LogP contribution < -0.4 is 14.8 Å². The number of nitrogens with one attached hydrogen (secondary N) is 1. The maximum Gasteiger partial charge on any atom is 0.266 e. The minimum Gasteiger partial charge on any atom is -0.493 e. The Hall–Kier alpha value is -3.79. The van der Waals surface area contributed by atoms with Crippen LogP contribution in [0.3, 0.4) is 0 Å². The highest BCUT2D eigenvalue weighted by atomic mass is 35.5. The number of ether oxygens (including phenoxy) is 2. The number of carbonyl (C=O) groups is 1. The number of halogens is 3. The Kier molecular flexibility index (Phi) is 8.91. The van der Waals surface area contributed by atoms with Crippen molar-refractivity contribution in [3.05, 3.63) is 105 Å². The lowest BCUT2D eigenvalue weighted by atomic mass is 10.0. The Morgan fingerprint density at radius 2 is 1.94 bits per heavy atom. The molecular formula is C27H21Cl2FN2O3. The van der Waals surface area contributed by atoms with Gasteiger partial charge in [-0.05, 0) is 60.0 Å². The number of hydrogen-bond acceptors (Lipinski definition) is 4. The minimum atomic E-state index is -0.641. The maximum absolute atomic E-state index is 13.2. The molecule has 0 unspecified atom stereocenters. The van der Waals surface area contributed by atoms with Crippen molar-refractivity contribution in [1.82, 2.24) is 0 Å². The van der Waals surface area contributed by atoms with Gasteiger partial charge in [-0.25, -0.2) is 4.39 Å². The van der Waals surface area contributed by atoms with E-state index in [2.05, 4.69) is 11.9 Å². The molecule has 1 amide bonds. The Balaban J connectivity index is 1.91. The maximum atomic E-state index is 13.2. The molecule has 0 heterocycles. The van der Waals surface area contributed by atoms with Crippen LogP contribution in [0.2, 0.25) is 10.0 Å². The van der Waals surface area contributed by atoms with Gasteiger partial charge in [-0.1, -0.05) is 47.5 Å². The van der Waals surface area contributed by atoms with E-state index >= 15 is 0 Å². The third-order valence-corrected chi connectivity index (χ3v) is 5.73. The molecule has 0 bridgehead atoms. The molecule has 35 heavy (non-hydrogen) atoms. The number of benzene rings is 3. The molecule has 0 saturated heterocycles. The van der Waals surface area contributed by atoms with Crippen LogP contribution in [0.25, 0.3) is 6.08 Å². The van der Waals surface area contributed by atoms with Crippen LogP contribution in [0, 0.1) is 17.1 Å². The summed E-state index contributed by atoms with van der Waals surface area (Å²) >= 11 is 12.1. The van der Waals surface area contributed by atoms with Crippen molar-refractivity contribution in [3.63, 3.8) is 0 Å². The van der Waals surface area contributed by atoms with E-state index in [1.54, 1.807) is 48.5 Å². The highest BCUT2D eigenvalue weighted by molar-refractivity contribution is 6.44. The molecule has 0 fully saturated rings. The fraction of sp³-hybridized carbons (Fsp3) is 0.111. The van der Waals surface area contributed by atoms with E-state index in [-0.39, 0.29) is 28.0 Å². The normalized spacial score (nSPS) is 10.9. The zero-order valence-corrected chi connectivity index (χ0v) is 20.3. The largest absolute Gasteiger partial charge is 0.493 e. The number of anilines is 1. The van der Waals surface area contributed by atoms with E-state index in [1.807, 2.05) is 6.07 Å². The van der Waals surface area contributed by atoms with Gasteiger partial charge >= 0.3 is 0 Å². The van der Waals surface area contributed by atoms with Gasteiger partial charge in [0.25, 0.3) is 5.91 Å². The van der Waals surface area contributed by atoms with Gasteiger partial charge in [-0.2, -0.15) is 5.26 Å². The smallest absolute Gasteiger partial charge is 0.266 e. The number of nitriles is 1. The lowest BCUT2D eigenvalue weighted by Crippen LogP contribution is -2.13. The van der Waals surface area contributed by atoms with Gasteiger partial charge < -0.3 is 14.8 Å². The second-order valence-corrected chi connectivity index (χ2v) is 8.13. The summed E-state index contributed by atoms with van der Waals surface area (Å²) in [4.78, 5) is 12.7. The molecule has 0 atom stereocenters. The van der Waals surface area contributed by atoms with E-state index in [4.69, 9.17) is 32.7 Å². The average Bonchev–Trinajstić information content (AvgIpc) is 2.85. The first-order valence-corrected chi connectivity index (χ1v) is 11.2. The predicted octanol–water partition coefficient (Wildman–Crippen LogP) is 6.99. The summed E-state index contributed by atoms with van der Waals surface area (Å²) in [5.41, 5.74) is 2.22. The zero-order chi connectivity index (χ0) is 25.4. The van der Waals surface area contributed by atoms with Crippen molar-refractivity contribution >= 4 is 40.9 Å². The average molecular weight is 511 g/mol. The SMILES string of the molecule is C=CCc1cc(/C=C(/C#N)C(=O)Nc2cccc(Cl)c2Cl)cc(OC)c1OCc1ccc(F)cc1. The number of methoxy groups -OCH3 is 1. The summed E-state index contributed by atoms with van der Waals surface area (Å²) in [7, 11) is 1.49. The second-order valence-electron chi connectivity index (χ2n) is 7.34. The number of nitrogens with zero attached hydrogens (tertiary/aromatic N) is 1. The molecule has 1 N–H and O–H groups in total. The number of rotatable bonds is 9. The van der Waals surface area contributed by atoms with E-state index in [1.165, 1.54) is 25.3 Å². The van der Waals surface area contributed by atoms with Crippen LogP contribution >= 0.6 is 23.2 Å². The molecule has 3 rings (SSSR count). The van der Waals surface area contributed by atoms with E-state index < -0.39 is 5.91 Å². The van der Waals surface area contributed by atoms with Gasteiger partial charge in [0.1, 0.15) is 24.1 Å². The topological polar surface area (TPSA) is 71.4 Å². The molecule has 3 aromatic carbocycles. The Bertz CT molecular complexity index is 1320. The van der Waals surface area contributed by atoms with Crippen molar-refractivity contribution in [1.29, 1.82) is 5.26 Å². The van der Waals surface area contributed by atoms with Crippen molar-refractivity contribution in [3.8, 4) is 17.6 Å². The van der Waals surface area contributed by atoms with Crippen molar-refractivity contribution in [2.45, 2.75) is 13.0 Å². The number of hydrogen-bond donors (Lipinski definition) is 1. The Morgan fingerprint density at radius 3 is 2.60 bits per heavy atom. The van der Waals surface area contributed by atoms with Gasteiger partial charge in [0.05, 0.1) is 22.8 Å². The molecule has 3 aromatic rings. The molecule has 0 spiro atoms. The van der Waals surface area contributed by atoms with E-state index in [0.29, 0.717) is 29.2 Å². The first-order chi connectivity index (χ1) is 16.9. The summed E-state index contributed by atoms with van der Waals surface area (Å²) in [6.45, 7) is 3.98. The fourth-order valence-electron chi connectivity index (χ4n) is 3.23. The molecule has 0 radical (unpaired) electrons. The molecule has 0 aliphatic heterocycles. The molecular weight excluding hydrogens is 490 g/mol. The molecule has 0 aromatic heterocycles. The molecule has 0 saturated carbocycles. The first kappa shape index (κ1) is 25.8. The van der Waals surface area contributed by atoms with Gasteiger partial charge in [0, 0.05) is 5.56 Å². The van der Waals surface area contributed by atoms with Crippen LogP contribution in [-0.2, 0) is 17.8 Å². The van der Waals surface area contributed by atoms with Crippen LogP contribution in [0.4, 0.5) is 10.1 Å². The number of amides is 1. The monoisotopic (exact) mass is 510 g/mol. The molecule has 5 nitrogen and oxygen atoms in total. The highest BCUT2D eigenvalue weighted by Crippen LogP contribution is 2.35. The first-order valence-electron chi connectivity index (χ1n) is 10.4. The summed E-state index contributed by atoms with van der Waals surface area (Å²) in [6, 6.07) is 16.1. The quantitative estimate of drug-likeness (QED) is 0.191. The van der Waals surface area contributed by atoms with Gasteiger partial charge in [-0.3, -0.25) is 4.79 Å². The van der Waals surface area contributed by atoms with Crippen LogP contribution in [0.15, 0.2) is 72.8 Å². The molecule has 178 valence electrons. The van der Waals surface area contributed by atoms with Crippen LogP contribution in [0.5, 0.6) is 11.5 Å². The summed E-state index contributed by atoms with van der Waals surface area (Å²) < 4.78 is 24.7. The zero-order valence-electron chi connectivity index (χ0n) is 18.8. The molecule has 0 aliphatic carbocycles. The molecule has 8 heteroatoms. The third kappa shape index (κ3) is 6.63. The Morgan fingerprint density at radius 1 is 1.20 bits per heavy atom. The van der Waals surface area contributed by atoms with Crippen molar-refractivity contribution in [2.75, 3.05) is 12.4 Å². The van der Waals surface area contributed by atoms with Crippen LogP contribution in [0.1, 0.15) is 16.7 Å². The van der Waals surface area contributed by atoms with Gasteiger partial charge in [0.15, 0.2) is 11.5 Å². The lowest BCUT2D eigenvalue weighted by molar-refractivity contribution is -0.112. The summed E-state index contributed by atoms with van der Waals surface area (Å²) in [5.74, 6) is -0.0711. The summed E-state index contributed by atoms with van der Waals surface area (Å²) in [5, 5.41) is 12.7. The fourth-order valence-corrected chi connectivity index (χ4v) is 3.58. The van der Waals surface area contributed by atoms with Crippen molar-refractivity contribution < 1.29 is 18.7 Å². The van der Waals surface area contributed by atoms with Crippen molar-refractivity contribution in [2.24, 2.45) is 0 Å².